The second-order valence-electron chi connectivity index (χ2n) is 6.80. The summed E-state index contributed by atoms with van der Waals surface area (Å²) < 4.78 is 12.3. The molecule has 0 N–H and O–H groups in total. The number of hydrogen-bond acceptors (Lipinski definition) is 6. The van der Waals surface area contributed by atoms with Gasteiger partial charge in [0.25, 0.3) is 0 Å². The Kier molecular flexibility index (Phi) is 5.83. The highest BCUT2D eigenvalue weighted by Crippen LogP contribution is 2.50. The SMILES string of the molecule is CCOc1c(Br)cc([C@H]2[C@H](c3ccccn3)N=C3SC[C@@H](CC)N32)cc1OC. The number of thioether (sulfide) groups is 1. The molecule has 1 aromatic heterocycles. The van der Waals surface area contributed by atoms with E-state index < -0.39 is 0 Å². The molecule has 1 fully saturated rings. The van der Waals surface area contributed by atoms with Gasteiger partial charge < -0.3 is 14.4 Å². The first kappa shape index (κ1) is 19.6. The van der Waals surface area contributed by atoms with Crippen molar-refractivity contribution < 1.29 is 9.47 Å². The summed E-state index contributed by atoms with van der Waals surface area (Å²) in [5.74, 6) is 2.56. The van der Waals surface area contributed by atoms with Crippen LogP contribution in [0.15, 0.2) is 46.0 Å². The van der Waals surface area contributed by atoms with Gasteiger partial charge in [0.2, 0.25) is 0 Å². The Hall–Kier alpha value is -1.73. The monoisotopic (exact) mass is 461 g/mol. The Labute approximate surface area is 178 Å². The number of methoxy groups -OCH3 is 1. The summed E-state index contributed by atoms with van der Waals surface area (Å²) in [4.78, 5) is 12.2. The van der Waals surface area contributed by atoms with Crippen molar-refractivity contribution in [1.82, 2.24) is 9.88 Å². The van der Waals surface area contributed by atoms with Gasteiger partial charge in [-0.25, -0.2) is 0 Å². The van der Waals surface area contributed by atoms with Gasteiger partial charge in [-0.15, -0.1) is 0 Å². The summed E-state index contributed by atoms with van der Waals surface area (Å²) in [6, 6.07) is 10.8. The predicted molar refractivity (Wildman–Crippen MR) is 117 cm³/mol. The lowest BCUT2D eigenvalue weighted by atomic mass is 9.95. The number of fused-ring (bicyclic) bond motifs is 1. The molecule has 1 aromatic carbocycles. The molecule has 4 rings (SSSR count). The van der Waals surface area contributed by atoms with E-state index >= 15 is 0 Å². The molecule has 3 heterocycles. The molecular formula is C21H24BrN3O2S. The van der Waals surface area contributed by atoms with Gasteiger partial charge in [0.15, 0.2) is 16.7 Å². The van der Waals surface area contributed by atoms with Crippen LogP contribution >= 0.6 is 27.7 Å². The van der Waals surface area contributed by atoms with Crippen molar-refractivity contribution in [2.75, 3.05) is 19.5 Å². The second-order valence-corrected chi connectivity index (χ2v) is 8.64. The largest absolute Gasteiger partial charge is 0.493 e. The first-order valence-electron chi connectivity index (χ1n) is 9.58. The average Bonchev–Trinajstić information content (AvgIpc) is 3.29. The van der Waals surface area contributed by atoms with E-state index in [-0.39, 0.29) is 12.1 Å². The fourth-order valence-electron chi connectivity index (χ4n) is 3.90. The molecule has 2 aliphatic heterocycles. The summed E-state index contributed by atoms with van der Waals surface area (Å²) in [5.41, 5.74) is 2.15. The topological polar surface area (TPSA) is 47.0 Å². The van der Waals surface area contributed by atoms with Gasteiger partial charge in [-0.1, -0.05) is 24.8 Å². The van der Waals surface area contributed by atoms with Gasteiger partial charge in [-0.3, -0.25) is 9.98 Å². The smallest absolute Gasteiger partial charge is 0.175 e. The maximum atomic E-state index is 5.79. The molecule has 2 aliphatic rings. The summed E-state index contributed by atoms with van der Waals surface area (Å²) >= 11 is 5.53. The summed E-state index contributed by atoms with van der Waals surface area (Å²) in [5, 5.41) is 1.12. The molecule has 1 saturated heterocycles. The van der Waals surface area contributed by atoms with E-state index in [0.717, 1.165) is 44.6 Å². The molecule has 0 amide bonds. The molecular weight excluding hydrogens is 438 g/mol. The van der Waals surface area contributed by atoms with E-state index in [4.69, 9.17) is 14.5 Å². The van der Waals surface area contributed by atoms with Crippen LogP contribution in [0.25, 0.3) is 0 Å². The van der Waals surface area contributed by atoms with Crippen LogP contribution in [-0.4, -0.2) is 40.6 Å². The molecule has 28 heavy (non-hydrogen) atoms. The standard InChI is InChI=1S/C21H24BrN3O2S/c1-4-14-12-28-21-24-18(16-8-6-7-9-23-16)19(25(14)21)13-10-15(22)20(27-5-2)17(11-13)26-3/h6-11,14,18-19H,4-5,12H2,1-3H3/t14-,18+,19+/m1/s1. The number of pyridine rings is 1. The van der Waals surface area contributed by atoms with Crippen molar-refractivity contribution in [2.45, 2.75) is 38.4 Å². The lowest BCUT2D eigenvalue weighted by Gasteiger charge is -2.32. The highest BCUT2D eigenvalue weighted by atomic mass is 79.9. The average molecular weight is 462 g/mol. The van der Waals surface area contributed by atoms with Crippen LogP contribution in [0, 0.1) is 0 Å². The fraction of sp³-hybridized carbons (Fsp3) is 0.429. The van der Waals surface area contributed by atoms with Crippen LogP contribution in [-0.2, 0) is 0 Å². The molecule has 7 heteroatoms. The van der Waals surface area contributed by atoms with Crippen LogP contribution in [0.4, 0.5) is 0 Å². The number of aromatic nitrogens is 1. The fourth-order valence-corrected chi connectivity index (χ4v) is 5.82. The van der Waals surface area contributed by atoms with Crippen molar-refractivity contribution in [3.8, 4) is 11.5 Å². The molecule has 0 aliphatic carbocycles. The molecule has 0 bridgehead atoms. The minimum atomic E-state index is -0.0346. The highest BCUT2D eigenvalue weighted by molar-refractivity contribution is 9.10. The van der Waals surface area contributed by atoms with Gasteiger partial charge in [-0.05, 0) is 59.1 Å². The number of nitrogens with zero attached hydrogens (tertiary/aromatic N) is 3. The third-order valence-corrected chi connectivity index (χ3v) is 6.93. The van der Waals surface area contributed by atoms with Gasteiger partial charge in [-0.2, -0.15) is 0 Å². The zero-order valence-electron chi connectivity index (χ0n) is 16.3. The van der Waals surface area contributed by atoms with E-state index in [0.29, 0.717) is 12.6 Å². The van der Waals surface area contributed by atoms with E-state index in [2.05, 4.69) is 50.9 Å². The van der Waals surface area contributed by atoms with Gasteiger partial charge >= 0.3 is 0 Å². The van der Waals surface area contributed by atoms with E-state index in [1.165, 1.54) is 0 Å². The van der Waals surface area contributed by atoms with Gasteiger partial charge in [0, 0.05) is 18.0 Å². The van der Waals surface area contributed by atoms with Crippen LogP contribution in [0.3, 0.4) is 0 Å². The number of amidine groups is 1. The predicted octanol–water partition coefficient (Wildman–Crippen LogP) is 5.23. The maximum Gasteiger partial charge on any atom is 0.175 e. The molecule has 2 aromatic rings. The Balaban J connectivity index is 1.81. The normalized spacial score (nSPS) is 23.5. The minimum Gasteiger partial charge on any atom is -0.493 e. The van der Waals surface area contributed by atoms with Gasteiger partial charge in [0.1, 0.15) is 6.04 Å². The van der Waals surface area contributed by atoms with E-state index in [9.17, 15) is 0 Å². The van der Waals surface area contributed by atoms with E-state index in [1.807, 2.05) is 37.0 Å². The Morgan fingerprint density at radius 1 is 1.29 bits per heavy atom. The van der Waals surface area contributed by atoms with Crippen molar-refractivity contribution >= 4 is 32.9 Å². The van der Waals surface area contributed by atoms with Crippen molar-refractivity contribution in [3.63, 3.8) is 0 Å². The molecule has 0 radical (unpaired) electrons. The Morgan fingerprint density at radius 3 is 2.82 bits per heavy atom. The highest BCUT2D eigenvalue weighted by Gasteiger charge is 2.45. The van der Waals surface area contributed by atoms with Crippen LogP contribution in [0.5, 0.6) is 11.5 Å². The first-order chi connectivity index (χ1) is 13.7. The molecule has 148 valence electrons. The molecule has 0 unspecified atom stereocenters. The summed E-state index contributed by atoms with van der Waals surface area (Å²) in [6.45, 7) is 4.80. The lowest BCUT2D eigenvalue weighted by molar-refractivity contribution is 0.253. The summed E-state index contributed by atoms with van der Waals surface area (Å²) in [7, 11) is 1.68. The number of rotatable bonds is 6. The number of benzene rings is 1. The second kappa shape index (κ2) is 8.33. The van der Waals surface area contributed by atoms with Crippen LogP contribution in [0.2, 0.25) is 0 Å². The first-order valence-corrected chi connectivity index (χ1v) is 11.4. The third-order valence-electron chi connectivity index (χ3n) is 5.21. The van der Waals surface area contributed by atoms with Crippen LogP contribution in [0.1, 0.15) is 43.6 Å². The van der Waals surface area contributed by atoms with Gasteiger partial charge in [0.05, 0.1) is 29.9 Å². The Morgan fingerprint density at radius 2 is 2.14 bits per heavy atom. The molecule has 0 spiro atoms. The third kappa shape index (κ3) is 3.39. The quantitative estimate of drug-likeness (QED) is 0.588. The number of aliphatic imine (C=N–C) groups is 1. The number of hydrogen-bond donors (Lipinski definition) is 0. The summed E-state index contributed by atoms with van der Waals surface area (Å²) in [6.07, 6.45) is 2.93. The number of ether oxygens (including phenoxy) is 2. The molecule has 0 saturated carbocycles. The van der Waals surface area contributed by atoms with Crippen LogP contribution < -0.4 is 9.47 Å². The van der Waals surface area contributed by atoms with E-state index in [1.54, 1.807) is 7.11 Å². The Bertz CT molecular complexity index is 877. The maximum absolute atomic E-state index is 5.79. The number of halogens is 1. The van der Waals surface area contributed by atoms with Crippen molar-refractivity contribution in [3.05, 3.63) is 52.3 Å². The molecule has 3 atom stereocenters. The minimum absolute atomic E-state index is 0.0346. The van der Waals surface area contributed by atoms with Crippen molar-refractivity contribution in [2.24, 2.45) is 4.99 Å². The lowest BCUT2D eigenvalue weighted by Crippen LogP contribution is -2.35. The molecule has 5 nitrogen and oxygen atoms in total. The zero-order valence-corrected chi connectivity index (χ0v) is 18.7. The van der Waals surface area contributed by atoms with Crippen molar-refractivity contribution in [1.29, 1.82) is 0 Å². The zero-order chi connectivity index (χ0) is 19.7.